The van der Waals surface area contributed by atoms with Crippen LogP contribution in [0.1, 0.15) is 48.0 Å². The van der Waals surface area contributed by atoms with Crippen LogP contribution in [0.3, 0.4) is 0 Å². The molecule has 1 aromatic carbocycles. The van der Waals surface area contributed by atoms with Crippen molar-refractivity contribution in [3.8, 4) is 0 Å². The smallest absolute Gasteiger partial charge is 0.230 e. The number of nitrogens with zero attached hydrogens (tertiary/aromatic N) is 2. The molecule has 0 N–H and O–H groups in total. The maximum Gasteiger partial charge on any atom is 0.230 e. The molecule has 4 heteroatoms. The van der Waals surface area contributed by atoms with Gasteiger partial charge >= 0.3 is 0 Å². The van der Waals surface area contributed by atoms with Crippen LogP contribution in [0.2, 0.25) is 0 Å². The van der Waals surface area contributed by atoms with Gasteiger partial charge in [0.15, 0.2) is 5.78 Å². The fraction of sp³-hybridized carbons (Fsp3) is 0.556. The molecule has 0 bridgehead atoms. The highest BCUT2D eigenvalue weighted by molar-refractivity contribution is 6.06. The van der Waals surface area contributed by atoms with Crippen molar-refractivity contribution in [1.82, 2.24) is 9.80 Å². The molecule has 1 heterocycles. The molecule has 1 fully saturated rings. The van der Waals surface area contributed by atoms with Gasteiger partial charge in [0.25, 0.3) is 0 Å². The second kappa shape index (κ2) is 6.61. The largest absolute Gasteiger partial charge is 0.341 e. The minimum Gasteiger partial charge on any atom is -0.341 e. The van der Waals surface area contributed by atoms with Gasteiger partial charge in [-0.25, -0.2) is 0 Å². The molecule has 1 aliphatic heterocycles. The van der Waals surface area contributed by atoms with Crippen LogP contribution in [0.15, 0.2) is 24.3 Å². The minimum absolute atomic E-state index is 0.101. The van der Waals surface area contributed by atoms with Crippen LogP contribution in [0.4, 0.5) is 0 Å². The van der Waals surface area contributed by atoms with Gasteiger partial charge in [0.1, 0.15) is 0 Å². The summed E-state index contributed by atoms with van der Waals surface area (Å²) >= 11 is 0. The highest BCUT2D eigenvalue weighted by Gasteiger charge is 2.35. The summed E-state index contributed by atoms with van der Waals surface area (Å²) in [6, 6.07) is 7.55. The number of hydrogen-bond acceptors (Lipinski definition) is 3. The van der Waals surface area contributed by atoms with Crippen LogP contribution >= 0.6 is 0 Å². The molecule has 0 spiro atoms. The van der Waals surface area contributed by atoms with Gasteiger partial charge < -0.3 is 9.80 Å². The van der Waals surface area contributed by atoms with Gasteiger partial charge in [-0.05, 0) is 38.4 Å². The lowest BCUT2D eigenvalue weighted by atomic mass is 10.00. The highest BCUT2D eigenvalue weighted by atomic mass is 16.2. The van der Waals surface area contributed by atoms with E-state index in [1.54, 1.807) is 0 Å². The number of fused-ring (bicyclic) bond motifs is 1. The Morgan fingerprint density at radius 2 is 2.00 bits per heavy atom. The molecule has 3 rings (SSSR count). The zero-order valence-electron chi connectivity index (χ0n) is 13.3. The molecule has 4 nitrogen and oxygen atoms in total. The molecular weight excluding hydrogens is 276 g/mol. The molecule has 2 aliphatic rings. The first-order chi connectivity index (χ1) is 10.7. The van der Waals surface area contributed by atoms with Gasteiger partial charge in [0.05, 0.1) is 5.92 Å². The Kier molecular flexibility index (Phi) is 4.57. The number of Topliss-reactive ketones (excluding diaryl/α,β-unsaturated/α-hetero) is 1. The SMILES string of the molecule is CCN(CCN1CCCC1)C(=O)[C@@H]1CC(=O)c2ccccc21. The number of ketones is 1. The van der Waals surface area contributed by atoms with E-state index >= 15 is 0 Å². The summed E-state index contributed by atoms with van der Waals surface area (Å²) < 4.78 is 0. The molecule has 1 amide bonds. The number of amides is 1. The zero-order chi connectivity index (χ0) is 15.5. The van der Waals surface area contributed by atoms with E-state index in [9.17, 15) is 9.59 Å². The van der Waals surface area contributed by atoms with E-state index in [1.165, 1.54) is 12.8 Å². The maximum atomic E-state index is 12.8. The van der Waals surface area contributed by atoms with Crippen LogP contribution in [0.5, 0.6) is 0 Å². The number of likely N-dealkylation sites (N-methyl/N-ethyl adjacent to an activating group) is 1. The predicted molar refractivity (Wildman–Crippen MR) is 86.1 cm³/mol. The van der Waals surface area contributed by atoms with Crippen molar-refractivity contribution in [2.45, 2.75) is 32.1 Å². The third-order valence-electron chi connectivity index (χ3n) is 4.90. The van der Waals surface area contributed by atoms with Crippen molar-refractivity contribution in [3.63, 3.8) is 0 Å². The molecule has 0 aromatic heterocycles. The van der Waals surface area contributed by atoms with E-state index in [4.69, 9.17) is 0 Å². The van der Waals surface area contributed by atoms with Crippen molar-refractivity contribution < 1.29 is 9.59 Å². The first-order valence-electron chi connectivity index (χ1n) is 8.34. The van der Waals surface area contributed by atoms with E-state index in [0.717, 1.165) is 37.3 Å². The molecule has 1 aromatic rings. The van der Waals surface area contributed by atoms with Gasteiger partial charge in [-0.15, -0.1) is 0 Å². The fourth-order valence-electron chi connectivity index (χ4n) is 3.59. The third kappa shape index (κ3) is 2.93. The van der Waals surface area contributed by atoms with Gasteiger partial charge in [-0.2, -0.15) is 0 Å². The Labute approximate surface area is 132 Å². The molecule has 1 atom stereocenters. The second-order valence-corrected chi connectivity index (χ2v) is 6.23. The lowest BCUT2D eigenvalue weighted by molar-refractivity contribution is -0.132. The van der Waals surface area contributed by atoms with Crippen molar-refractivity contribution in [2.75, 3.05) is 32.7 Å². The summed E-state index contributed by atoms with van der Waals surface area (Å²) in [5, 5.41) is 0. The summed E-state index contributed by atoms with van der Waals surface area (Å²) in [6.45, 7) is 6.74. The Morgan fingerprint density at radius 1 is 1.27 bits per heavy atom. The topological polar surface area (TPSA) is 40.6 Å². The zero-order valence-corrected chi connectivity index (χ0v) is 13.3. The summed E-state index contributed by atoms with van der Waals surface area (Å²) in [4.78, 5) is 29.3. The molecule has 118 valence electrons. The number of rotatable bonds is 5. The average Bonchev–Trinajstić information content (AvgIpc) is 3.16. The third-order valence-corrected chi connectivity index (χ3v) is 4.90. The maximum absolute atomic E-state index is 12.8. The van der Waals surface area contributed by atoms with Crippen molar-refractivity contribution >= 4 is 11.7 Å². The molecule has 1 aliphatic carbocycles. The Bertz CT molecular complexity index is 564. The number of likely N-dealkylation sites (tertiary alicyclic amines) is 1. The van der Waals surface area contributed by atoms with Crippen LogP contribution in [-0.2, 0) is 4.79 Å². The molecule has 0 unspecified atom stereocenters. The summed E-state index contributed by atoms with van der Waals surface area (Å²) in [5.74, 6) is -0.0632. The van der Waals surface area contributed by atoms with E-state index in [2.05, 4.69) is 4.90 Å². The van der Waals surface area contributed by atoms with Crippen molar-refractivity contribution in [1.29, 1.82) is 0 Å². The van der Waals surface area contributed by atoms with Crippen LogP contribution in [0, 0.1) is 0 Å². The van der Waals surface area contributed by atoms with E-state index < -0.39 is 0 Å². The monoisotopic (exact) mass is 300 g/mol. The summed E-state index contributed by atoms with van der Waals surface area (Å²) in [6.07, 6.45) is 2.87. The first kappa shape index (κ1) is 15.2. The number of carbonyl (C=O) groups is 2. The number of benzene rings is 1. The van der Waals surface area contributed by atoms with Gasteiger partial charge in [-0.1, -0.05) is 24.3 Å². The quantitative estimate of drug-likeness (QED) is 0.838. The first-order valence-corrected chi connectivity index (χ1v) is 8.34. The number of hydrogen-bond donors (Lipinski definition) is 0. The standard InChI is InChI=1S/C18H24N2O2/c1-2-20(12-11-19-9-5-6-10-19)18(22)16-13-17(21)15-8-4-3-7-14(15)16/h3-4,7-8,16H,2,5-6,9-13H2,1H3/t16-/m1/s1. The molecular formula is C18H24N2O2. The lowest BCUT2D eigenvalue weighted by Gasteiger charge is -2.26. The van der Waals surface area contributed by atoms with E-state index in [0.29, 0.717) is 13.0 Å². The predicted octanol–water partition coefficient (Wildman–Crippen LogP) is 2.30. The number of carbonyl (C=O) groups excluding carboxylic acids is 2. The fourth-order valence-corrected chi connectivity index (χ4v) is 3.59. The lowest BCUT2D eigenvalue weighted by Crippen LogP contribution is -2.40. The molecule has 0 saturated carbocycles. The van der Waals surface area contributed by atoms with Crippen molar-refractivity contribution in [2.24, 2.45) is 0 Å². The van der Waals surface area contributed by atoms with Crippen LogP contribution < -0.4 is 0 Å². The molecule has 1 saturated heterocycles. The van der Waals surface area contributed by atoms with Gasteiger partial charge in [-0.3, -0.25) is 9.59 Å². The minimum atomic E-state index is -0.276. The summed E-state index contributed by atoms with van der Waals surface area (Å²) in [5.41, 5.74) is 1.65. The van der Waals surface area contributed by atoms with Crippen LogP contribution in [-0.4, -0.2) is 54.2 Å². The summed E-state index contributed by atoms with van der Waals surface area (Å²) in [7, 11) is 0. The molecule has 0 radical (unpaired) electrons. The van der Waals surface area contributed by atoms with Crippen molar-refractivity contribution in [3.05, 3.63) is 35.4 Å². The molecule has 22 heavy (non-hydrogen) atoms. The second-order valence-electron chi connectivity index (χ2n) is 6.23. The average molecular weight is 300 g/mol. The van der Waals surface area contributed by atoms with E-state index in [1.807, 2.05) is 36.1 Å². The van der Waals surface area contributed by atoms with Gasteiger partial charge in [0, 0.05) is 31.6 Å². The van der Waals surface area contributed by atoms with E-state index in [-0.39, 0.29) is 17.6 Å². The van der Waals surface area contributed by atoms with Gasteiger partial charge in [0.2, 0.25) is 5.91 Å². The highest BCUT2D eigenvalue weighted by Crippen LogP contribution is 2.34. The normalized spacial score (nSPS) is 21.1. The Morgan fingerprint density at radius 3 is 2.73 bits per heavy atom. The Balaban J connectivity index is 1.68. The Hall–Kier alpha value is -1.68. The van der Waals surface area contributed by atoms with Crippen LogP contribution in [0.25, 0.3) is 0 Å².